The first-order chi connectivity index (χ1) is 9.65. The second kappa shape index (κ2) is 5.47. The van der Waals surface area contributed by atoms with E-state index in [1.165, 1.54) is 0 Å². The van der Waals surface area contributed by atoms with E-state index in [9.17, 15) is 9.90 Å². The Morgan fingerprint density at radius 3 is 2.85 bits per heavy atom. The first kappa shape index (κ1) is 13.5. The Bertz CT molecular complexity index is 646. The molecular weight excluding hydrogens is 298 g/mol. The summed E-state index contributed by atoms with van der Waals surface area (Å²) in [5, 5.41) is 13.4. The van der Waals surface area contributed by atoms with Gasteiger partial charge in [0.2, 0.25) is 0 Å². The van der Waals surface area contributed by atoms with E-state index in [0.717, 1.165) is 22.7 Å². The molecule has 5 nitrogen and oxygen atoms in total. The van der Waals surface area contributed by atoms with Gasteiger partial charge in [-0.2, -0.15) is 0 Å². The molecule has 3 rings (SSSR count). The first-order valence-electron chi connectivity index (χ1n) is 6.15. The number of hydrogen-bond donors (Lipinski definition) is 1. The van der Waals surface area contributed by atoms with Crippen LogP contribution in [0.3, 0.4) is 0 Å². The van der Waals surface area contributed by atoms with Crippen molar-refractivity contribution in [1.29, 1.82) is 0 Å². The van der Waals surface area contributed by atoms with Gasteiger partial charge in [-0.25, -0.2) is 0 Å². The highest BCUT2D eigenvalue weighted by Gasteiger charge is 2.32. The molecule has 0 spiro atoms. The fraction of sp³-hybridized carbons (Fsp3) is 0.308. The molecule has 20 heavy (non-hydrogen) atoms. The minimum Gasteiger partial charge on any atom is -0.480 e. The zero-order chi connectivity index (χ0) is 14.1. The van der Waals surface area contributed by atoms with Gasteiger partial charge in [0, 0.05) is 24.6 Å². The van der Waals surface area contributed by atoms with Crippen LogP contribution in [0.4, 0.5) is 0 Å². The van der Waals surface area contributed by atoms with Crippen LogP contribution in [0.2, 0.25) is 4.34 Å². The number of carboxylic acids is 1. The van der Waals surface area contributed by atoms with Gasteiger partial charge in [-0.1, -0.05) is 40.4 Å². The second-order valence-corrected chi connectivity index (χ2v) is 6.08. The summed E-state index contributed by atoms with van der Waals surface area (Å²) in [6, 6.07) is 7.37. The first-order valence-corrected chi connectivity index (χ1v) is 7.30. The molecule has 0 amide bonds. The third-order valence-corrected chi connectivity index (χ3v) is 4.48. The van der Waals surface area contributed by atoms with E-state index >= 15 is 0 Å². The van der Waals surface area contributed by atoms with Gasteiger partial charge in [0.15, 0.2) is 0 Å². The Hall–Kier alpha value is -1.50. The van der Waals surface area contributed by atoms with Gasteiger partial charge in [0.25, 0.3) is 0 Å². The van der Waals surface area contributed by atoms with Crippen molar-refractivity contribution < 1.29 is 9.90 Å². The van der Waals surface area contributed by atoms with E-state index in [-0.39, 0.29) is 0 Å². The Morgan fingerprint density at radius 1 is 1.45 bits per heavy atom. The molecule has 1 aliphatic rings. The van der Waals surface area contributed by atoms with Crippen LogP contribution in [-0.4, -0.2) is 31.6 Å². The third kappa shape index (κ3) is 2.54. The van der Waals surface area contributed by atoms with E-state index in [1.54, 1.807) is 0 Å². The highest BCUT2D eigenvalue weighted by molar-refractivity contribution is 7.10. The smallest absolute Gasteiger partial charge is 0.321 e. The summed E-state index contributed by atoms with van der Waals surface area (Å²) in [5.74, 6) is -0.821. The Labute approximate surface area is 125 Å². The second-order valence-electron chi connectivity index (χ2n) is 4.73. The summed E-state index contributed by atoms with van der Waals surface area (Å²) in [7, 11) is 0. The molecule has 1 aromatic heterocycles. The monoisotopic (exact) mass is 309 g/mol. The lowest BCUT2D eigenvalue weighted by molar-refractivity contribution is -0.144. The van der Waals surface area contributed by atoms with Crippen molar-refractivity contribution in [3.63, 3.8) is 0 Å². The van der Waals surface area contributed by atoms with E-state index in [2.05, 4.69) is 9.59 Å². The predicted octanol–water partition coefficient (Wildman–Crippen LogP) is 2.20. The molecule has 0 radical (unpaired) electrons. The lowest BCUT2D eigenvalue weighted by Crippen LogP contribution is -2.45. The van der Waals surface area contributed by atoms with Gasteiger partial charge in [0.1, 0.15) is 16.1 Å². The number of hydrogen-bond acceptors (Lipinski definition) is 5. The zero-order valence-corrected chi connectivity index (χ0v) is 12.1. The van der Waals surface area contributed by atoms with Crippen molar-refractivity contribution in [2.24, 2.45) is 0 Å². The minimum absolute atomic E-state index is 0.403. The number of carbonyl (C=O) groups is 1. The Kier molecular flexibility index (Phi) is 3.69. The number of halogens is 1. The zero-order valence-electron chi connectivity index (χ0n) is 10.5. The summed E-state index contributed by atoms with van der Waals surface area (Å²) < 4.78 is 4.31. The van der Waals surface area contributed by atoms with E-state index in [0.29, 0.717) is 29.5 Å². The van der Waals surface area contributed by atoms with Crippen LogP contribution in [0.15, 0.2) is 24.3 Å². The number of carboxylic acid groups (broad SMARTS) is 1. The van der Waals surface area contributed by atoms with E-state index in [4.69, 9.17) is 11.6 Å². The summed E-state index contributed by atoms with van der Waals surface area (Å²) in [4.78, 5) is 13.4. The van der Waals surface area contributed by atoms with Crippen LogP contribution in [0.5, 0.6) is 0 Å². The number of aliphatic carboxylic acids is 1. The quantitative estimate of drug-likeness (QED) is 0.941. The molecular formula is C13H12ClN3O2S. The van der Waals surface area contributed by atoms with Gasteiger partial charge >= 0.3 is 5.97 Å². The molecule has 1 atom stereocenters. The normalized spacial score (nSPS) is 18.8. The molecule has 0 saturated heterocycles. The summed E-state index contributed by atoms with van der Waals surface area (Å²) >= 11 is 7.12. The number of aromatic nitrogens is 2. The van der Waals surface area contributed by atoms with E-state index in [1.807, 2.05) is 29.2 Å². The fourth-order valence-electron chi connectivity index (χ4n) is 2.47. The average molecular weight is 310 g/mol. The number of fused-ring (bicyclic) bond motifs is 1. The number of nitrogens with zero attached hydrogens (tertiary/aromatic N) is 3. The van der Waals surface area contributed by atoms with Crippen molar-refractivity contribution >= 4 is 29.1 Å². The molecule has 1 aliphatic heterocycles. The molecule has 2 heterocycles. The van der Waals surface area contributed by atoms with Gasteiger partial charge in [-0.15, -0.1) is 5.10 Å². The minimum atomic E-state index is -0.821. The standard InChI is InChI=1S/C13H12ClN3O2S/c14-12-10(15-16-20-12)7-17-6-9-4-2-1-3-8(9)5-11(17)13(18)19/h1-4,11H,5-7H2,(H,18,19). The molecule has 1 N–H and O–H groups in total. The maximum Gasteiger partial charge on any atom is 0.321 e. The molecule has 7 heteroatoms. The summed E-state index contributed by atoms with van der Waals surface area (Å²) in [6.45, 7) is 0.988. The lowest BCUT2D eigenvalue weighted by atomic mass is 9.94. The largest absolute Gasteiger partial charge is 0.480 e. The van der Waals surface area contributed by atoms with Gasteiger partial charge in [0.05, 0.1) is 0 Å². The number of rotatable bonds is 3. The molecule has 0 aliphatic carbocycles. The average Bonchev–Trinajstić information content (AvgIpc) is 2.83. The van der Waals surface area contributed by atoms with Crippen molar-refractivity contribution in [3.05, 3.63) is 45.4 Å². The molecule has 2 aromatic rings. The molecule has 0 saturated carbocycles. The molecule has 1 unspecified atom stereocenters. The van der Waals surface area contributed by atoms with Crippen LogP contribution >= 0.6 is 23.1 Å². The maximum absolute atomic E-state index is 11.5. The molecule has 0 bridgehead atoms. The number of benzene rings is 1. The lowest BCUT2D eigenvalue weighted by Gasteiger charge is -2.33. The van der Waals surface area contributed by atoms with Crippen LogP contribution in [-0.2, 0) is 24.3 Å². The summed E-state index contributed by atoms with van der Waals surface area (Å²) in [5.41, 5.74) is 2.89. The Morgan fingerprint density at radius 2 is 2.20 bits per heavy atom. The summed E-state index contributed by atoms with van der Waals surface area (Å²) in [6.07, 6.45) is 0.501. The third-order valence-electron chi connectivity index (χ3n) is 3.49. The van der Waals surface area contributed by atoms with Crippen molar-refractivity contribution in [2.75, 3.05) is 0 Å². The van der Waals surface area contributed by atoms with Crippen LogP contribution < -0.4 is 0 Å². The van der Waals surface area contributed by atoms with Crippen molar-refractivity contribution in [2.45, 2.75) is 25.6 Å². The van der Waals surface area contributed by atoms with Gasteiger partial charge in [-0.05, 0) is 17.5 Å². The van der Waals surface area contributed by atoms with Gasteiger partial charge in [-0.3, -0.25) is 9.69 Å². The van der Waals surface area contributed by atoms with Crippen LogP contribution in [0, 0.1) is 0 Å². The van der Waals surface area contributed by atoms with Crippen molar-refractivity contribution in [3.8, 4) is 0 Å². The fourth-order valence-corrected chi connectivity index (χ4v) is 3.08. The highest BCUT2D eigenvalue weighted by Crippen LogP contribution is 2.27. The van der Waals surface area contributed by atoms with Crippen LogP contribution in [0.25, 0.3) is 0 Å². The maximum atomic E-state index is 11.5. The topological polar surface area (TPSA) is 66.3 Å². The molecule has 0 fully saturated rings. The molecule has 104 valence electrons. The Balaban J connectivity index is 1.89. The van der Waals surface area contributed by atoms with Crippen molar-refractivity contribution in [1.82, 2.24) is 14.5 Å². The SMILES string of the molecule is O=C(O)C1Cc2ccccc2CN1Cc1nnsc1Cl. The van der Waals surface area contributed by atoms with Gasteiger partial charge < -0.3 is 5.11 Å². The molecule has 1 aromatic carbocycles. The van der Waals surface area contributed by atoms with E-state index < -0.39 is 12.0 Å². The predicted molar refractivity (Wildman–Crippen MR) is 75.7 cm³/mol. The van der Waals surface area contributed by atoms with Crippen LogP contribution in [0.1, 0.15) is 16.8 Å². The highest BCUT2D eigenvalue weighted by atomic mass is 35.5.